The van der Waals surface area contributed by atoms with E-state index in [2.05, 4.69) is 5.32 Å². The molecule has 4 nitrogen and oxygen atoms in total. The molecule has 0 aliphatic rings. The van der Waals surface area contributed by atoms with Crippen molar-refractivity contribution >= 4 is 40.5 Å². The van der Waals surface area contributed by atoms with Gasteiger partial charge in [0.15, 0.2) is 5.82 Å². The summed E-state index contributed by atoms with van der Waals surface area (Å²) in [6, 6.07) is 4.19. The predicted octanol–water partition coefficient (Wildman–Crippen LogP) is 4.18. The predicted molar refractivity (Wildman–Crippen MR) is 83.5 cm³/mol. The first-order valence-corrected chi connectivity index (χ1v) is 7.09. The van der Waals surface area contributed by atoms with Gasteiger partial charge in [-0.2, -0.15) is 0 Å². The van der Waals surface area contributed by atoms with E-state index >= 15 is 0 Å². The van der Waals surface area contributed by atoms with Crippen LogP contribution in [0, 0.1) is 5.82 Å². The van der Waals surface area contributed by atoms with Crippen LogP contribution in [0.15, 0.2) is 24.4 Å². The number of benzene rings is 1. The number of halogens is 3. The normalized spacial score (nSPS) is 10.7. The van der Waals surface area contributed by atoms with Gasteiger partial charge in [-0.15, -0.1) is 0 Å². The van der Waals surface area contributed by atoms with Crippen LogP contribution in [0.1, 0.15) is 23.8 Å². The number of nitrogens with two attached hydrogens (primary N) is 1. The molecule has 1 aromatic carbocycles. The summed E-state index contributed by atoms with van der Waals surface area (Å²) < 4.78 is 15.1. The van der Waals surface area contributed by atoms with Crippen LogP contribution >= 0.6 is 23.2 Å². The Kier molecular flexibility index (Phi) is 4.75. The fourth-order valence-electron chi connectivity index (χ4n) is 1.97. The molecule has 0 bridgehead atoms. The lowest BCUT2D eigenvalue weighted by atomic mass is 10.3. The van der Waals surface area contributed by atoms with Crippen LogP contribution in [0.2, 0.25) is 10.0 Å². The zero-order chi connectivity index (χ0) is 15.6. The first-order chi connectivity index (χ1) is 9.92. The third kappa shape index (κ3) is 3.49. The van der Waals surface area contributed by atoms with Gasteiger partial charge in [0.2, 0.25) is 0 Å². The lowest BCUT2D eigenvalue weighted by Crippen LogP contribution is -2.16. The Bertz CT molecular complexity index is 662. The van der Waals surface area contributed by atoms with Gasteiger partial charge in [0, 0.05) is 18.4 Å². The van der Waals surface area contributed by atoms with Crippen LogP contribution < -0.4 is 11.1 Å². The molecule has 0 aliphatic heterocycles. The largest absolute Gasteiger partial charge is 0.397 e. The fraction of sp³-hybridized carbons (Fsp3) is 0.214. The zero-order valence-electron chi connectivity index (χ0n) is 11.3. The number of aryl methyl sites for hydroxylation is 1. The van der Waals surface area contributed by atoms with Gasteiger partial charge >= 0.3 is 0 Å². The highest BCUT2D eigenvalue weighted by atomic mass is 35.5. The quantitative estimate of drug-likeness (QED) is 0.826. The minimum absolute atomic E-state index is 0.152. The van der Waals surface area contributed by atoms with Crippen molar-refractivity contribution in [2.24, 2.45) is 0 Å². The fourth-order valence-corrected chi connectivity index (χ4v) is 2.46. The van der Waals surface area contributed by atoms with E-state index < -0.39 is 5.82 Å². The maximum atomic E-state index is 13.3. The number of hydrogen-bond donors (Lipinski definition) is 2. The van der Waals surface area contributed by atoms with Gasteiger partial charge in [0.25, 0.3) is 5.91 Å². The number of amides is 1. The van der Waals surface area contributed by atoms with Crippen LogP contribution in [0.4, 0.5) is 15.8 Å². The first-order valence-electron chi connectivity index (χ1n) is 6.34. The molecule has 2 rings (SSSR count). The summed E-state index contributed by atoms with van der Waals surface area (Å²) in [5, 5.41) is 2.33. The SMILES string of the molecule is CCCn1cc(N)cc1C(=O)Nc1cc(Cl)c(F)c(Cl)c1. The van der Waals surface area contributed by atoms with Gasteiger partial charge in [-0.05, 0) is 24.6 Å². The highest BCUT2D eigenvalue weighted by Gasteiger charge is 2.15. The lowest BCUT2D eigenvalue weighted by Gasteiger charge is -2.09. The number of rotatable bonds is 4. The maximum absolute atomic E-state index is 13.3. The second kappa shape index (κ2) is 6.37. The van der Waals surface area contributed by atoms with Crippen molar-refractivity contribution < 1.29 is 9.18 Å². The number of anilines is 2. The van der Waals surface area contributed by atoms with Crippen LogP contribution in [0.3, 0.4) is 0 Å². The molecule has 0 saturated carbocycles. The van der Waals surface area contributed by atoms with Gasteiger partial charge in [-0.25, -0.2) is 4.39 Å². The van der Waals surface area contributed by atoms with E-state index in [9.17, 15) is 9.18 Å². The average molecular weight is 330 g/mol. The van der Waals surface area contributed by atoms with Crippen molar-refractivity contribution in [3.8, 4) is 0 Å². The van der Waals surface area contributed by atoms with Gasteiger partial charge in [-0.3, -0.25) is 4.79 Å². The maximum Gasteiger partial charge on any atom is 0.272 e. The Morgan fingerprint density at radius 2 is 1.95 bits per heavy atom. The van der Waals surface area contributed by atoms with E-state index in [1.165, 1.54) is 12.1 Å². The summed E-state index contributed by atoms with van der Waals surface area (Å²) in [6.45, 7) is 2.67. The van der Waals surface area contributed by atoms with Crippen molar-refractivity contribution in [1.29, 1.82) is 0 Å². The number of hydrogen-bond acceptors (Lipinski definition) is 2. The summed E-state index contributed by atoms with van der Waals surface area (Å²) in [5.74, 6) is -1.08. The molecule has 0 radical (unpaired) electrons. The van der Waals surface area contributed by atoms with Crippen molar-refractivity contribution in [3.05, 3.63) is 46.0 Å². The molecule has 3 N–H and O–H groups in total. The van der Waals surface area contributed by atoms with Crippen molar-refractivity contribution in [2.45, 2.75) is 19.9 Å². The minimum Gasteiger partial charge on any atom is -0.397 e. The Morgan fingerprint density at radius 3 is 2.52 bits per heavy atom. The van der Waals surface area contributed by atoms with Crippen LogP contribution in [0.25, 0.3) is 0 Å². The topological polar surface area (TPSA) is 60.0 Å². The summed E-state index contributed by atoms with van der Waals surface area (Å²) in [4.78, 5) is 12.3. The van der Waals surface area contributed by atoms with Gasteiger partial charge in [-0.1, -0.05) is 30.1 Å². The number of carbonyl (C=O) groups is 1. The molecule has 0 aliphatic carbocycles. The van der Waals surface area contributed by atoms with E-state index in [0.717, 1.165) is 6.42 Å². The molecule has 0 fully saturated rings. The molecule has 2 aromatic rings. The van der Waals surface area contributed by atoms with E-state index in [0.29, 0.717) is 23.6 Å². The van der Waals surface area contributed by atoms with Crippen molar-refractivity contribution in [3.63, 3.8) is 0 Å². The van der Waals surface area contributed by atoms with Crippen LogP contribution in [0.5, 0.6) is 0 Å². The van der Waals surface area contributed by atoms with Crippen LogP contribution in [-0.4, -0.2) is 10.5 Å². The molecule has 0 spiro atoms. The monoisotopic (exact) mass is 329 g/mol. The number of nitrogens with one attached hydrogen (secondary N) is 1. The van der Waals surface area contributed by atoms with Crippen molar-refractivity contribution in [1.82, 2.24) is 4.57 Å². The van der Waals surface area contributed by atoms with Crippen molar-refractivity contribution in [2.75, 3.05) is 11.1 Å². The van der Waals surface area contributed by atoms with E-state index in [4.69, 9.17) is 28.9 Å². The van der Waals surface area contributed by atoms with E-state index in [1.807, 2.05) is 6.92 Å². The standard InChI is InChI=1S/C14H14Cl2FN3O/c1-2-3-20-7-8(18)4-12(20)14(21)19-9-5-10(15)13(17)11(16)6-9/h4-7H,2-3,18H2,1H3,(H,19,21). The molecule has 1 heterocycles. The molecule has 112 valence electrons. The Morgan fingerprint density at radius 1 is 1.33 bits per heavy atom. The van der Waals surface area contributed by atoms with Gasteiger partial charge in [0.1, 0.15) is 5.69 Å². The highest BCUT2D eigenvalue weighted by Crippen LogP contribution is 2.27. The number of nitrogens with zero attached hydrogens (tertiary/aromatic N) is 1. The molecule has 0 saturated heterocycles. The average Bonchev–Trinajstić information content (AvgIpc) is 2.77. The third-order valence-electron chi connectivity index (χ3n) is 2.86. The van der Waals surface area contributed by atoms with E-state index in [1.54, 1.807) is 16.8 Å². The summed E-state index contributed by atoms with van der Waals surface area (Å²) in [5.41, 5.74) is 6.96. The third-order valence-corrected chi connectivity index (χ3v) is 3.41. The Balaban J connectivity index is 2.26. The lowest BCUT2D eigenvalue weighted by molar-refractivity contribution is 0.101. The highest BCUT2D eigenvalue weighted by molar-refractivity contribution is 6.35. The number of carbonyl (C=O) groups excluding carboxylic acids is 1. The Labute approximate surface area is 131 Å². The van der Waals surface area contributed by atoms with E-state index in [-0.39, 0.29) is 16.0 Å². The molecular weight excluding hydrogens is 316 g/mol. The molecular formula is C14H14Cl2FN3O. The molecule has 21 heavy (non-hydrogen) atoms. The van der Waals surface area contributed by atoms with Gasteiger partial charge < -0.3 is 15.6 Å². The molecule has 1 amide bonds. The number of nitrogen functional groups attached to an aromatic ring is 1. The summed E-state index contributed by atoms with van der Waals surface area (Å²) in [7, 11) is 0. The number of aromatic nitrogens is 1. The van der Waals surface area contributed by atoms with Crippen LogP contribution in [-0.2, 0) is 6.54 Å². The minimum atomic E-state index is -0.713. The molecule has 0 unspecified atom stereocenters. The first kappa shape index (κ1) is 15.7. The second-order valence-electron chi connectivity index (χ2n) is 4.56. The molecule has 7 heteroatoms. The van der Waals surface area contributed by atoms with Gasteiger partial charge in [0.05, 0.1) is 15.7 Å². The zero-order valence-corrected chi connectivity index (χ0v) is 12.8. The Hall–Kier alpha value is -1.72. The summed E-state index contributed by atoms with van der Waals surface area (Å²) >= 11 is 11.4. The smallest absolute Gasteiger partial charge is 0.272 e. The second-order valence-corrected chi connectivity index (χ2v) is 5.37. The summed E-state index contributed by atoms with van der Waals surface area (Å²) in [6.07, 6.45) is 2.56. The molecule has 0 atom stereocenters. The molecule has 1 aromatic heterocycles.